The number of hydrogen-bond acceptors (Lipinski definition) is 4. The number of ether oxygens (including phenoxy) is 1. The normalized spacial score (nSPS) is 11.0. The monoisotopic (exact) mass is 312 g/mol. The van der Waals surface area contributed by atoms with Crippen LogP contribution in [0.3, 0.4) is 0 Å². The Kier molecular flexibility index (Phi) is 5.36. The second kappa shape index (κ2) is 7.45. The molecule has 0 saturated heterocycles. The van der Waals surface area contributed by atoms with Crippen molar-refractivity contribution in [3.05, 3.63) is 59.2 Å². The van der Waals surface area contributed by atoms with E-state index >= 15 is 0 Å². The highest BCUT2D eigenvalue weighted by Crippen LogP contribution is 2.27. The van der Waals surface area contributed by atoms with E-state index in [0.29, 0.717) is 17.1 Å². The van der Waals surface area contributed by atoms with Crippen LogP contribution in [0.2, 0.25) is 0 Å². The van der Waals surface area contributed by atoms with E-state index in [0.717, 1.165) is 11.1 Å². The average molecular weight is 312 g/mol. The fourth-order valence-corrected chi connectivity index (χ4v) is 2.29. The summed E-state index contributed by atoms with van der Waals surface area (Å²) in [5, 5.41) is 6.38. The lowest BCUT2D eigenvalue weighted by atomic mass is 10.1. The Balaban J connectivity index is 2.44. The van der Waals surface area contributed by atoms with Crippen LogP contribution in [0.4, 0.5) is 0 Å². The summed E-state index contributed by atoms with van der Waals surface area (Å²) < 4.78 is 5.98. The molecule has 120 valence electrons. The van der Waals surface area contributed by atoms with Crippen molar-refractivity contribution in [2.45, 2.75) is 13.8 Å². The van der Waals surface area contributed by atoms with Gasteiger partial charge in [0.1, 0.15) is 18.6 Å². The van der Waals surface area contributed by atoms with Gasteiger partial charge in [0.25, 0.3) is 5.91 Å². The number of carbonyl (C=O) groups is 1. The maximum absolute atomic E-state index is 12.0. The first-order valence-electron chi connectivity index (χ1n) is 7.24. The van der Waals surface area contributed by atoms with Crippen molar-refractivity contribution in [2.24, 2.45) is 5.16 Å². The minimum atomic E-state index is -0.344. The topological polar surface area (TPSA) is 59.9 Å². The molecule has 5 heteroatoms. The molecule has 5 nitrogen and oxygen atoms in total. The van der Waals surface area contributed by atoms with Gasteiger partial charge >= 0.3 is 0 Å². The zero-order chi connectivity index (χ0) is 16.8. The van der Waals surface area contributed by atoms with Crippen LogP contribution in [0.15, 0.2) is 47.6 Å². The molecule has 1 N–H and O–H groups in total. The highest BCUT2D eigenvalue weighted by atomic mass is 16.6. The van der Waals surface area contributed by atoms with Crippen LogP contribution in [-0.4, -0.2) is 25.8 Å². The molecule has 0 heterocycles. The molecule has 0 bridgehead atoms. The van der Waals surface area contributed by atoms with Crippen LogP contribution < -0.4 is 10.1 Å². The number of benzene rings is 2. The van der Waals surface area contributed by atoms with Gasteiger partial charge in [0.2, 0.25) is 0 Å². The number of hydrogen-bond donors (Lipinski definition) is 1. The molecule has 0 aromatic heterocycles. The van der Waals surface area contributed by atoms with E-state index in [1.807, 2.05) is 38.1 Å². The maximum atomic E-state index is 12.0. The number of oxime groups is 1. The van der Waals surface area contributed by atoms with Gasteiger partial charge in [0.15, 0.2) is 5.71 Å². The molecule has 0 fully saturated rings. The first-order valence-corrected chi connectivity index (χ1v) is 7.24. The van der Waals surface area contributed by atoms with Gasteiger partial charge in [-0.1, -0.05) is 23.4 Å². The van der Waals surface area contributed by atoms with Gasteiger partial charge in [-0.05, 0) is 49.2 Å². The summed E-state index contributed by atoms with van der Waals surface area (Å²) >= 11 is 0. The highest BCUT2D eigenvalue weighted by Gasteiger charge is 2.18. The Bertz CT molecular complexity index is 719. The molecule has 2 aromatic carbocycles. The number of para-hydroxylation sites is 1. The number of likely N-dealkylation sites (N-methyl/N-ethyl adjacent to an activating group) is 1. The van der Waals surface area contributed by atoms with Crippen LogP contribution in [0.5, 0.6) is 11.5 Å². The summed E-state index contributed by atoms with van der Waals surface area (Å²) in [6.07, 6.45) is 0. The van der Waals surface area contributed by atoms with Crippen molar-refractivity contribution < 1.29 is 14.4 Å². The van der Waals surface area contributed by atoms with Crippen molar-refractivity contribution in [3.63, 3.8) is 0 Å². The number of aryl methyl sites for hydroxylation is 2. The Hall–Kier alpha value is -2.82. The van der Waals surface area contributed by atoms with E-state index in [2.05, 4.69) is 16.5 Å². The van der Waals surface area contributed by atoms with Crippen LogP contribution in [0.1, 0.15) is 16.7 Å². The van der Waals surface area contributed by atoms with Crippen LogP contribution >= 0.6 is 0 Å². The lowest BCUT2D eigenvalue weighted by molar-refractivity contribution is -0.114. The Morgan fingerprint density at radius 1 is 1.09 bits per heavy atom. The van der Waals surface area contributed by atoms with Gasteiger partial charge in [-0.25, -0.2) is 0 Å². The molecule has 0 spiro atoms. The van der Waals surface area contributed by atoms with Gasteiger partial charge in [-0.2, -0.15) is 0 Å². The summed E-state index contributed by atoms with van der Waals surface area (Å²) in [6.45, 7) is 4.02. The molecule has 1 amide bonds. The third kappa shape index (κ3) is 4.10. The second-order valence-corrected chi connectivity index (χ2v) is 5.12. The standard InChI is InChI=1S/C18H20N2O3/c1-12-9-13(2)11-14(10-12)23-16-8-6-5-7-15(16)17(20-22-4)18(21)19-3/h5-11H,1-4H3,(H,19,21). The first-order chi connectivity index (χ1) is 11.0. The van der Waals surface area contributed by atoms with E-state index < -0.39 is 0 Å². The molecule has 2 rings (SSSR count). The second-order valence-electron chi connectivity index (χ2n) is 5.12. The van der Waals surface area contributed by atoms with Crippen molar-refractivity contribution in [2.75, 3.05) is 14.2 Å². The molecule has 0 saturated carbocycles. The molecule has 0 radical (unpaired) electrons. The van der Waals surface area contributed by atoms with Crippen LogP contribution in [-0.2, 0) is 9.63 Å². The Labute approximate surface area is 135 Å². The fraction of sp³-hybridized carbons (Fsp3) is 0.222. The molecule has 2 aromatic rings. The third-order valence-electron chi connectivity index (χ3n) is 3.19. The SMILES string of the molecule is CNC(=O)C(=NOC)c1ccccc1Oc1cc(C)cc(C)c1. The summed E-state index contributed by atoms with van der Waals surface area (Å²) in [4.78, 5) is 16.8. The minimum absolute atomic E-state index is 0.162. The zero-order valence-electron chi connectivity index (χ0n) is 13.7. The molecule has 0 aliphatic heterocycles. The average Bonchev–Trinajstić information content (AvgIpc) is 2.52. The van der Waals surface area contributed by atoms with Crippen molar-refractivity contribution in [3.8, 4) is 11.5 Å². The summed E-state index contributed by atoms with van der Waals surface area (Å²) in [6, 6.07) is 13.2. The number of nitrogens with one attached hydrogen (secondary N) is 1. The van der Waals surface area contributed by atoms with Crippen LogP contribution in [0.25, 0.3) is 0 Å². The zero-order valence-corrected chi connectivity index (χ0v) is 13.7. The molecule has 0 unspecified atom stereocenters. The minimum Gasteiger partial charge on any atom is -0.457 e. The largest absolute Gasteiger partial charge is 0.457 e. The lowest BCUT2D eigenvalue weighted by Crippen LogP contribution is -2.28. The van der Waals surface area contributed by atoms with Gasteiger partial charge in [0, 0.05) is 7.05 Å². The molecule has 0 aliphatic rings. The molecule has 0 aliphatic carbocycles. The van der Waals surface area contributed by atoms with Gasteiger partial charge in [0.05, 0.1) is 5.56 Å². The number of rotatable bonds is 5. The summed E-state index contributed by atoms with van der Waals surface area (Å²) in [7, 11) is 2.94. The van der Waals surface area contributed by atoms with E-state index in [1.54, 1.807) is 19.2 Å². The summed E-state index contributed by atoms with van der Waals surface area (Å²) in [5.74, 6) is 0.906. The Morgan fingerprint density at radius 2 is 1.74 bits per heavy atom. The molecule has 23 heavy (non-hydrogen) atoms. The van der Waals surface area contributed by atoms with Gasteiger partial charge in [-0.15, -0.1) is 0 Å². The maximum Gasteiger partial charge on any atom is 0.273 e. The quantitative estimate of drug-likeness (QED) is 0.681. The predicted molar refractivity (Wildman–Crippen MR) is 90.0 cm³/mol. The molecular formula is C18H20N2O3. The van der Waals surface area contributed by atoms with Crippen molar-refractivity contribution in [1.29, 1.82) is 0 Å². The first kappa shape index (κ1) is 16.5. The van der Waals surface area contributed by atoms with Crippen molar-refractivity contribution >= 4 is 11.6 Å². The van der Waals surface area contributed by atoms with E-state index in [-0.39, 0.29) is 11.6 Å². The van der Waals surface area contributed by atoms with E-state index in [9.17, 15) is 4.79 Å². The van der Waals surface area contributed by atoms with Crippen molar-refractivity contribution in [1.82, 2.24) is 5.32 Å². The lowest BCUT2D eigenvalue weighted by Gasteiger charge is -2.13. The smallest absolute Gasteiger partial charge is 0.273 e. The van der Waals surface area contributed by atoms with Gasteiger partial charge in [-0.3, -0.25) is 4.79 Å². The molecular weight excluding hydrogens is 292 g/mol. The highest BCUT2D eigenvalue weighted by molar-refractivity contribution is 6.45. The summed E-state index contributed by atoms with van der Waals surface area (Å²) in [5.41, 5.74) is 2.94. The van der Waals surface area contributed by atoms with Crippen LogP contribution in [0, 0.1) is 13.8 Å². The fourth-order valence-electron chi connectivity index (χ4n) is 2.29. The number of amides is 1. The molecule has 0 atom stereocenters. The van der Waals surface area contributed by atoms with Gasteiger partial charge < -0.3 is 14.9 Å². The predicted octanol–water partition coefficient (Wildman–Crippen LogP) is 3.19. The third-order valence-corrected chi connectivity index (χ3v) is 3.19. The number of carbonyl (C=O) groups excluding carboxylic acids is 1. The number of nitrogens with zero attached hydrogens (tertiary/aromatic N) is 1. The van der Waals surface area contributed by atoms with E-state index in [4.69, 9.17) is 9.57 Å². The van der Waals surface area contributed by atoms with E-state index in [1.165, 1.54) is 7.11 Å². The Morgan fingerprint density at radius 3 is 2.35 bits per heavy atom.